The summed E-state index contributed by atoms with van der Waals surface area (Å²) in [5.41, 5.74) is 4.22. The van der Waals surface area contributed by atoms with Crippen molar-refractivity contribution in [1.82, 2.24) is 10.6 Å². The maximum absolute atomic E-state index is 3.59. The molecule has 1 saturated carbocycles. The van der Waals surface area contributed by atoms with E-state index in [9.17, 15) is 0 Å². The molecule has 2 N–H and O–H groups in total. The van der Waals surface area contributed by atoms with E-state index in [1.54, 1.807) is 0 Å². The summed E-state index contributed by atoms with van der Waals surface area (Å²) < 4.78 is 0. The fraction of sp³-hybridized carbons (Fsp3) is 0.625. The lowest BCUT2D eigenvalue weighted by atomic mass is 10.0. The second kappa shape index (κ2) is 6.35. The molecule has 0 amide bonds. The Balaban J connectivity index is 1.65. The van der Waals surface area contributed by atoms with Crippen LogP contribution in [0.4, 0.5) is 0 Å². The lowest BCUT2D eigenvalue weighted by Crippen LogP contribution is -2.38. The van der Waals surface area contributed by atoms with Crippen molar-refractivity contribution in [3.63, 3.8) is 0 Å². The van der Waals surface area contributed by atoms with Gasteiger partial charge in [0, 0.05) is 18.6 Å². The fourth-order valence-electron chi connectivity index (χ4n) is 2.13. The van der Waals surface area contributed by atoms with E-state index in [4.69, 9.17) is 0 Å². The summed E-state index contributed by atoms with van der Waals surface area (Å²) in [4.78, 5) is 0. The zero-order valence-electron chi connectivity index (χ0n) is 11.9. The van der Waals surface area contributed by atoms with Gasteiger partial charge >= 0.3 is 0 Å². The van der Waals surface area contributed by atoms with Crippen LogP contribution in [0, 0.1) is 13.8 Å². The van der Waals surface area contributed by atoms with Crippen molar-refractivity contribution < 1.29 is 0 Å². The second-order valence-electron chi connectivity index (χ2n) is 5.71. The van der Waals surface area contributed by atoms with Crippen molar-refractivity contribution in [3.05, 3.63) is 34.9 Å². The largest absolute Gasteiger partial charge is 0.313 e. The van der Waals surface area contributed by atoms with Crippen LogP contribution in [0.2, 0.25) is 0 Å². The molecule has 0 bridgehead atoms. The van der Waals surface area contributed by atoms with E-state index in [2.05, 4.69) is 49.6 Å². The third-order valence-corrected chi connectivity index (χ3v) is 3.77. The quantitative estimate of drug-likeness (QED) is 0.772. The first kappa shape index (κ1) is 13.6. The Hall–Kier alpha value is -0.860. The van der Waals surface area contributed by atoms with E-state index in [1.165, 1.54) is 29.5 Å². The Bertz CT molecular complexity index is 383. The van der Waals surface area contributed by atoms with Crippen LogP contribution < -0.4 is 10.6 Å². The summed E-state index contributed by atoms with van der Waals surface area (Å²) in [6.07, 6.45) is 3.86. The number of hydrogen-bond donors (Lipinski definition) is 2. The number of benzene rings is 1. The standard InChI is InChI=1S/C16H26N2/c1-12-4-5-15(10-13(12)2)8-9-17-14(3)11-18-16-6-7-16/h4-5,10,14,16-18H,6-9,11H2,1-3H3. The molecule has 0 radical (unpaired) electrons. The van der Waals surface area contributed by atoms with Crippen molar-refractivity contribution in [3.8, 4) is 0 Å². The molecule has 0 aliphatic heterocycles. The third-order valence-electron chi connectivity index (χ3n) is 3.77. The lowest BCUT2D eigenvalue weighted by molar-refractivity contribution is 0.503. The normalized spacial score (nSPS) is 16.8. The van der Waals surface area contributed by atoms with Crippen LogP contribution in [0.1, 0.15) is 36.5 Å². The van der Waals surface area contributed by atoms with Gasteiger partial charge < -0.3 is 10.6 Å². The van der Waals surface area contributed by atoms with Gasteiger partial charge in [0.25, 0.3) is 0 Å². The van der Waals surface area contributed by atoms with Crippen molar-refractivity contribution >= 4 is 0 Å². The molecule has 1 aromatic rings. The van der Waals surface area contributed by atoms with Crippen LogP contribution in [0.5, 0.6) is 0 Å². The van der Waals surface area contributed by atoms with Gasteiger partial charge in [0.1, 0.15) is 0 Å². The van der Waals surface area contributed by atoms with E-state index in [-0.39, 0.29) is 0 Å². The summed E-state index contributed by atoms with van der Waals surface area (Å²) in [6, 6.07) is 8.16. The highest BCUT2D eigenvalue weighted by atomic mass is 15.0. The minimum absolute atomic E-state index is 0.567. The summed E-state index contributed by atoms with van der Waals surface area (Å²) in [5.74, 6) is 0. The van der Waals surface area contributed by atoms with Crippen molar-refractivity contribution in [2.45, 2.75) is 52.1 Å². The molecule has 0 aromatic heterocycles. The summed E-state index contributed by atoms with van der Waals surface area (Å²) in [7, 11) is 0. The Kier molecular flexibility index (Phi) is 4.79. The molecular formula is C16H26N2. The predicted molar refractivity (Wildman–Crippen MR) is 78.1 cm³/mol. The van der Waals surface area contributed by atoms with E-state index in [0.717, 1.165) is 25.6 Å². The Labute approximate surface area is 111 Å². The van der Waals surface area contributed by atoms with E-state index >= 15 is 0 Å². The molecule has 2 rings (SSSR count). The number of nitrogens with one attached hydrogen (secondary N) is 2. The summed E-state index contributed by atoms with van der Waals surface area (Å²) in [6.45, 7) is 8.78. The molecule has 1 aliphatic rings. The molecule has 18 heavy (non-hydrogen) atoms. The average Bonchev–Trinajstić information content (AvgIpc) is 3.15. The number of rotatable bonds is 7. The lowest BCUT2D eigenvalue weighted by Gasteiger charge is -2.14. The van der Waals surface area contributed by atoms with Gasteiger partial charge in [-0.2, -0.15) is 0 Å². The molecule has 1 unspecified atom stereocenters. The Morgan fingerprint density at radius 2 is 2.00 bits per heavy atom. The molecule has 0 heterocycles. The molecular weight excluding hydrogens is 220 g/mol. The Morgan fingerprint density at radius 3 is 2.67 bits per heavy atom. The Morgan fingerprint density at radius 1 is 1.22 bits per heavy atom. The zero-order chi connectivity index (χ0) is 13.0. The molecule has 2 nitrogen and oxygen atoms in total. The average molecular weight is 246 g/mol. The minimum Gasteiger partial charge on any atom is -0.313 e. The highest BCUT2D eigenvalue weighted by molar-refractivity contribution is 5.30. The summed E-state index contributed by atoms with van der Waals surface area (Å²) >= 11 is 0. The molecule has 1 aromatic carbocycles. The molecule has 0 saturated heterocycles. The maximum Gasteiger partial charge on any atom is 0.0164 e. The van der Waals surface area contributed by atoms with Crippen LogP contribution in [0.25, 0.3) is 0 Å². The smallest absolute Gasteiger partial charge is 0.0164 e. The topological polar surface area (TPSA) is 24.1 Å². The molecule has 1 atom stereocenters. The van der Waals surface area contributed by atoms with Gasteiger partial charge in [-0.05, 0) is 63.3 Å². The van der Waals surface area contributed by atoms with Crippen LogP contribution in [-0.2, 0) is 6.42 Å². The van der Waals surface area contributed by atoms with Gasteiger partial charge in [0.2, 0.25) is 0 Å². The minimum atomic E-state index is 0.567. The fourth-order valence-corrected chi connectivity index (χ4v) is 2.13. The zero-order valence-corrected chi connectivity index (χ0v) is 11.9. The first-order valence-corrected chi connectivity index (χ1v) is 7.18. The van der Waals surface area contributed by atoms with Crippen molar-refractivity contribution in [2.75, 3.05) is 13.1 Å². The van der Waals surface area contributed by atoms with E-state index in [1.807, 2.05) is 0 Å². The monoisotopic (exact) mass is 246 g/mol. The van der Waals surface area contributed by atoms with Crippen LogP contribution in [0.15, 0.2) is 18.2 Å². The highest BCUT2D eigenvalue weighted by Crippen LogP contribution is 2.18. The molecule has 1 aliphatic carbocycles. The van der Waals surface area contributed by atoms with Gasteiger partial charge in [0.15, 0.2) is 0 Å². The van der Waals surface area contributed by atoms with E-state index < -0.39 is 0 Å². The molecule has 1 fully saturated rings. The first-order valence-electron chi connectivity index (χ1n) is 7.18. The predicted octanol–water partition coefficient (Wildman–Crippen LogP) is 2.58. The van der Waals surface area contributed by atoms with Gasteiger partial charge in [-0.25, -0.2) is 0 Å². The maximum atomic E-state index is 3.59. The van der Waals surface area contributed by atoms with Crippen LogP contribution in [-0.4, -0.2) is 25.2 Å². The third kappa shape index (κ3) is 4.43. The highest BCUT2D eigenvalue weighted by Gasteiger charge is 2.20. The molecule has 100 valence electrons. The number of aryl methyl sites for hydroxylation is 2. The van der Waals surface area contributed by atoms with Gasteiger partial charge in [-0.1, -0.05) is 18.2 Å². The SMILES string of the molecule is Cc1ccc(CCNC(C)CNC2CC2)cc1C. The van der Waals surface area contributed by atoms with Crippen molar-refractivity contribution in [2.24, 2.45) is 0 Å². The second-order valence-corrected chi connectivity index (χ2v) is 5.71. The first-order chi connectivity index (χ1) is 8.65. The van der Waals surface area contributed by atoms with E-state index in [0.29, 0.717) is 6.04 Å². The molecule has 0 spiro atoms. The van der Waals surface area contributed by atoms with Gasteiger partial charge in [0.05, 0.1) is 0 Å². The summed E-state index contributed by atoms with van der Waals surface area (Å²) in [5, 5.41) is 7.14. The van der Waals surface area contributed by atoms with Gasteiger partial charge in [-0.15, -0.1) is 0 Å². The van der Waals surface area contributed by atoms with Gasteiger partial charge in [-0.3, -0.25) is 0 Å². The van der Waals surface area contributed by atoms with Crippen molar-refractivity contribution in [1.29, 1.82) is 0 Å². The van der Waals surface area contributed by atoms with Crippen LogP contribution in [0.3, 0.4) is 0 Å². The van der Waals surface area contributed by atoms with Crippen LogP contribution >= 0.6 is 0 Å². The molecule has 2 heteroatoms. The number of hydrogen-bond acceptors (Lipinski definition) is 2.